The van der Waals surface area contributed by atoms with E-state index >= 15 is 0 Å². The number of carboxylic acids is 1. The summed E-state index contributed by atoms with van der Waals surface area (Å²) in [5, 5.41) is 13.5. The van der Waals surface area contributed by atoms with E-state index in [0.29, 0.717) is 12.6 Å². The van der Waals surface area contributed by atoms with E-state index < -0.39 is 23.2 Å². The van der Waals surface area contributed by atoms with Gasteiger partial charge < -0.3 is 10.4 Å². The van der Waals surface area contributed by atoms with Crippen LogP contribution in [-0.4, -0.2) is 11.1 Å². The molecule has 0 aliphatic heterocycles. The Labute approximate surface area is 112 Å². The number of halogens is 2. The maximum absolute atomic E-state index is 13.5. The molecule has 0 unspecified atom stereocenters. The number of hydrogen-bond acceptors (Lipinski definition) is 3. The molecule has 0 saturated heterocycles. The number of rotatable bonds is 4. The minimum Gasteiger partial charge on any atom is -0.478 e. The molecule has 3 nitrogen and oxygen atoms in total. The lowest BCUT2D eigenvalue weighted by Gasteiger charge is -2.09. The summed E-state index contributed by atoms with van der Waals surface area (Å²) in [4.78, 5) is 11.8. The molecule has 0 atom stereocenters. The Bertz CT molecular complexity index is 625. The van der Waals surface area contributed by atoms with E-state index in [-0.39, 0.29) is 5.69 Å². The van der Waals surface area contributed by atoms with Crippen LogP contribution in [0.15, 0.2) is 23.6 Å². The van der Waals surface area contributed by atoms with Crippen molar-refractivity contribution in [1.82, 2.24) is 0 Å². The van der Waals surface area contributed by atoms with Crippen LogP contribution in [0.2, 0.25) is 0 Å². The summed E-state index contributed by atoms with van der Waals surface area (Å²) >= 11 is 1.51. The zero-order valence-electron chi connectivity index (χ0n) is 10.0. The van der Waals surface area contributed by atoms with Crippen LogP contribution >= 0.6 is 11.3 Å². The normalized spacial score (nSPS) is 10.5. The lowest BCUT2D eigenvalue weighted by molar-refractivity contribution is 0.0692. The first-order valence-electron chi connectivity index (χ1n) is 5.48. The van der Waals surface area contributed by atoms with E-state index in [9.17, 15) is 13.6 Å². The minimum atomic E-state index is -1.42. The molecule has 0 aliphatic carbocycles. The van der Waals surface area contributed by atoms with E-state index in [0.717, 1.165) is 16.5 Å². The van der Waals surface area contributed by atoms with Gasteiger partial charge >= 0.3 is 5.97 Å². The second kappa shape index (κ2) is 5.36. The van der Waals surface area contributed by atoms with Crippen LogP contribution in [0.25, 0.3) is 0 Å². The first-order valence-corrected chi connectivity index (χ1v) is 6.36. The van der Waals surface area contributed by atoms with Crippen molar-refractivity contribution in [3.63, 3.8) is 0 Å². The van der Waals surface area contributed by atoms with Crippen molar-refractivity contribution in [1.29, 1.82) is 0 Å². The molecule has 1 aromatic heterocycles. The fraction of sp³-hybridized carbons (Fsp3) is 0.154. The van der Waals surface area contributed by atoms with Crippen LogP contribution in [-0.2, 0) is 6.54 Å². The van der Waals surface area contributed by atoms with Crippen LogP contribution in [0.4, 0.5) is 14.5 Å². The van der Waals surface area contributed by atoms with Crippen molar-refractivity contribution in [3.05, 3.63) is 51.2 Å². The molecule has 1 heterocycles. The monoisotopic (exact) mass is 283 g/mol. The number of carbonyl (C=O) groups is 1. The highest BCUT2D eigenvalue weighted by Crippen LogP contribution is 2.22. The molecule has 0 bridgehead atoms. The Balaban J connectivity index is 2.23. The molecule has 2 rings (SSSR count). The standard InChI is InChI=1S/C13H11F2NO2S/c1-7-2-3-19-12(7)6-16-11-4-8(13(17)18)9(14)5-10(11)15/h2-5,16H,6H2,1H3,(H,17,18). The Hall–Kier alpha value is -1.95. The zero-order valence-corrected chi connectivity index (χ0v) is 10.9. The molecule has 2 N–H and O–H groups in total. The molecule has 19 heavy (non-hydrogen) atoms. The molecular formula is C13H11F2NO2S. The highest BCUT2D eigenvalue weighted by atomic mass is 32.1. The predicted octanol–water partition coefficient (Wildman–Crippen LogP) is 3.65. The topological polar surface area (TPSA) is 49.3 Å². The van der Waals surface area contributed by atoms with Gasteiger partial charge in [-0.15, -0.1) is 11.3 Å². The zero-order chi connectivity index (χ0) is 14.0. The maximum Gasteiger partial charge on any atom is 0.338 e. The lowest BCUT2D eigenvalue weighted by Crippen LogP contribution is -2.06. The summed E-state index contributed by atoms with van der Waals surface area (Å²) < 4.78 is 26.7. The Morgan fingerprint density at radius 2 is 2.11 bits per heavy atom. The Kier molecular flexibility index (Phi) is 3.80. The van der Waals surface area contributed by atoms with Gasteiger partial charge in [0.25, 0.3) is 0 Å². The summed E-state index contributed by atoms with van der Waals surface area (Å²) in [6.45, 7) is 2.29. The third-order valence-electron chi connectivity index (χ3n) is 2.69. The number of hydrogen-bond donors (Lipinski definition) is 2. The number of benzene rings is 1. The maximum atomic E-state index is 13.5. The molecule has 0 radical (unpaired) electrons. The van der Waals surface area contributed by atoms with Gasteiger partial charge in [-0.1, -0.05) is 0 Å². The molecule has 0 saturated carbocycles. The van der Waals surface area contributed by atoms with Crippen LogP contribution < -0.4 is 5.32 Å². The van der Waals surface area contributed by atoms with Gasteiger partial charge in [-0.3, -0.25) is 0 Å². The molecule has 100 valence electrons. The van der Waals surface area contributed by atoms with Crippen LogP contribution in [0.3, 0.4) is 0 Å². The molecule has 2 aromatic rings. The molecular weight excluding hydrogens is 272 g/mol. The van der Waals surface area contributed by atoms with E-state index in [4.69, 9.17) is 5.11 Å². The fourth-order valence-corrected chi connectivity index (χ4v) is 2.45. The van der Waals surface area contributed by atoms with Crippen molar-refractivity contribution < 1.29 is 18.7 Å². The molecule has 0 spiro atoms. The van der Waals surface area contributed by atoms with Gasteiger partial charge in [0.2, 0.25) is 0 Å². The summed E-state index contributed by atoms with van der Waals surface area (Å²) in [7, 11) is 0. The van der Waals surface area contributed by atoms with E-state index in [1.807, 2.05) is 18.4 Å². The van der Waals surface area contributed by atoms with Crippen molar-refractivity contribution in [2.45, 2.75) is 13.5 Å². The number of aryl methyl sites for hydroxylation is 1. The van der Waals surface area contributed by atoms with Gasteiger partial charge in [0.1, 0.15) is 11.6 Å². The largest absolute Gasteiger partial charge is 0.478 e. The quantitative estimate of drug-likeness (QED) is 0.900. The fourth-order valence-electron chi connectivity index (χ4n) is 1.61. The molecule has 0 fully saturated rings. The first kappa shape index (κ1) is 13.5. The number of nitrogens with one attached hydrogen (secondary N) is 1. The number of carboxylic acid groups (broad SMARTS) is 1. The van der Waals surface area contributed by atoms with Crippen molar-refractivity contribution in [3.8, 4) is 0 Å². The number of aromatic carboxylic acids is 1. The van der Waals surface area contributed by atoms with Gasteiger partial charge in [-0.2, -0.15) is 0 Å². The first-order chi connectivity index (χ1) is 8.99. The summed E-state index contributed by atoms with van der Waals surface area (Å²) in [5.74, 6) is -3.31. The summed E-state index contributed by atoms with van der Waals surface area (Å²) in [6.07, 6.45) is 0. The van der Waals surface area contributed by atoms with E-state index in [1.165, 1.54) is 11.3 Å². The third kappa shape index (κ3) is 2.90. The summed E-state index contributed by atoms with van der Waals surface area (Å²) in [6, 6.07) is 3.48. The average Bonchev–Trinajstić information content (AvgIpc) is 2.73. The second-order valence-electron chi connectivity index (χ2n) is 4.00. The number of thiophene rings is 1. The highest BCUT2D eigenvalue weighted by molar-refractivity contribution is 7.10. The van der Waals surface area contributed by atoms with Gasteiger partial charge in [0, 0.05) is 17.5 Å². The van der Waals surface area contributed by atoms with Crippen LogP contribution in [0.1, 0.15) is 20.8 Å². The number of anilines is 1. The van der Waals surface area contributed by atoms with E-state index in [2.05, 4.69) is 5.32 Å². The lowest BCUT2D eigenvalue weighted by atomic mass is 10.1. The van der Waals surface area contributed by atoms with Crippen molar-refractivity contribution in [2.24, 2.45) is 0 Å². The second-order valence-corrected chi connectivity index (χ2v) is 5.00. The van der Waals surface area contributed by atoms with Crippen molar-refractivity contribution in [2.75, 3.05) is 5.32 Å². The van der Waals surface area contributed by atoms with Crippen molar-refractivity contribution >= 4 is 23.0 Å². The molecule has 0 amide bonds. The van der Waals surface area contributed by atoms with Crippen LogP contribution in [0.5, 0.6) is 0 Å². The average molecular weight is 283 g/mol. The molecule has 1 aromatic carbocycles. The Morgan fingerprint density at radius 3 is 2.68 bits per heavy atom. The third-order valence-corrected chi connectivity index (χ3v) is 3.72. The van der Waals surface area contributed by atoms with Crippen LogP contribution in [0, 0.1) is 18.6 Å². The van der Waals surface area contributed by atoms with Gasteiger partial charge in [-0.05, 0) is 30.0 Å². The minimum absolute atomic E-state index is 0.0217. The van der Waals surface area contributed by atoms with E-state index in [1.54, 1.807) is 0 Å². The SMILES string of the molecule is Cc1ccsc1CNc1cc(C(=O)O)c(F)cc1F. The molecule has 0 aliphatic rings. The van der Waals surface area contributed by atoms with Gasteiger partial charge in [-0.25, -0.2) is 13.6 Å². The molecule has 6 heteroatoms. The smallest absolute Gasteiger partial charge is 0.338 e. The van der Waals surface area contributed by atoms with Gasteiger partial charge in [0.15, 0.2) is 0 Å². The summed E-state index contributed by atoms with van der Waals surface area (Å²) in [5.41, 5.74) is 0.497. The highest BCUT2D eigenvalue weighted by Gasteiger charge is 2.15. The Morgan fingerprint density at radius 1 is 1.37 bits per heavy atom. The predicted molar refractivity (Wildman–Crippen MR) is 69.7 cm³/mol. The van der Waals surface area contributed by atoms with Gasteiger partial charge in [0.05, 0.1) is 11.3 Å².